The molecule has 1 aromatic carbocycles. The number of guanidine groups is 1. The molecular weight excluding hydrogens is 274 g/mol. The van der Waals surface area contributed by atoms with Crippen molar-refractivity contribution in [2.45, 2.75) is 46.1 Å². The van der Waals surface area contributed by atoms with Gasteiger partial charge in [0.25, 0.3) is 0 Å². The van der Waals surface area contributed by atoms with Crippen LogP contribution in [0.25, 0.3) is 0 Å². The Morgan fingerprint density at radius 2 is 2.00 bits per heavy atom. The Kier molecular flexibility index (Phi) is 8.60. The maximum absolute atomic E-state index is 5.52. The van der Waals surface area contributed by atoms with Crippen molar-refractivity contribution < 1.29 is 4.74 Å². The minimum Gasteiger partial charge on any atom is -0.379 e. The molecule has 0 bridgehead atoms. The number of aryl methyl sites for hydroxylation is 1. The van der Waals surface area contributed by atoms with Crippen molar-refractivity contribution >= 4 is 5.96 Å². The topological polar surface area (TPSA) is 45.7 Å². The summed E-state index contributed by atoms with van der Waals surface area (Å²) in [5.74, 6) is 1.30. The van der Waals surface area contributed by atoms with Crippen LogP contribution in [0.3, 0.4) is 0 Å². The second-order valence-corrected chi connectivity index (χ2v) is 5.97. The van der Waals surface area contributed by atoms with Crippen molar-refractivity contribution in [2.75, 3.05) is 26.7 Å². The van der Waals surface area contributed by atoms with Crippen molar-refractivity contribution in [3.05, 3.63) is 35.4 Å². The van der Waals surface area contributed by atoms with Crippen LogP contribution in [0.4, 0.5) is 0 Å². The molecular formula is C18H31N3O. The highest BCUT2D eigenvalue weighted by atomic mass is 16.5. The predicted octanol–water partition coefficient (Wildman–Crippen LogP) is 3.08. The summed E-state index contributed by atoms with van der Waals surface area (Å²) in [4.78, 5) is 4.26. The first kappa shape index (κ1) is 18.5. The molecule has 0 aromatic heterocycles. The van der Waals surface area contributed by atoms with E-state index in [0.717, 1.165) is 32.1 Å². The van der Waals surface area contributed by atoms with Crippen LogP contribution in [0.15, 0.2) is 29.3 Å². The molecule has 0 fully saturated rings. The van der Waals surface area contributed by atoms with Crippen LogP contribution in [0.2, 0.25) is 0 Å². The van der Waals surface area contributed by atoms with Crippen LogP contribution in [0.5, 0.6) is 0 Å². The fraction of sp³-hybridized carbons (Fsp3) is 0.611. The molecule has 1 rings (SSSR count). The fourth-order valence-electron chi connectivity index (χ4n) is 2.16. The molecule has 2 N–H and O–H groups in total. The van der Waals surface area contributed by atoms with Crippen LogP contribution in [0, 0.1) is 6.92 Å². The zero-order valence-electron chi connectivity index (χ0n) is 14.6. The standard InChI is InChI=1S/C18H31N3O/c1-14(2)22-11-7-10-20-18(19-5)21-13-16(4)17-9-6-8-15(3)12-17/h6,8-9,12,14,16H,7,10-11,13H2,1-5H3,(H2,19,20,21). The van der Waals surface area contributed by atoms with Crippen molar-refractivity contribution in [3.63, 3.8) is 0 Å². The molecule has 0 radical (unpaired) electrons. The third-order valence-electron chi connectivity index (χ3n) is 3.48. The second kappa shape index (κ2) is 10.2. The highest BCUT2D eigenvalue weighted by Gasteiger charge is 2.06. The number of ether oxygens (including phenoxy) is 1. The van der Waals surface area contributed by atoms with Crippen molar-refractivity contribution in [2.24, 2.45) is 4.99 Å². The van der Waals surface area contributed by atoms with E-state index in [1.807, 2.05) is 0 Å². The van der Waals surface area contributed by atoms with E-state index in [-0.39, 0.29) is 0 Å². The van der Waals surface area contributed by atoms with Gasteiger partial charge in [-0.2, -0.15) is 0 Å². The van der Waals surface area contributed by atoms with E-state index in [1.54, 1.807) is 7.05 Å². The summed E-state index contributed by atoms with van der Waals surface area (Å²) in [5.41, 5.74) is 2.66. The van der Waals surface area contributed by atoms with Gasteiger partial charge in [-0.1, -0.05) is 36.8 Å². The molecule has 0 heterocycles. The zero-order valence-corrected chi connectivity index (χ0v) is 14.6. The summed E-state index contributed by atoms with van der Waals surface area (Å²) in [6, 6.07) is 8.66. The maximum Gasteiger partial charge on any atom is 0.190 e. The molecule has 0 saturated heterocycles. The van der Waals surface area contributed by atoms with Crippen molar-refractivity contribution in [1.82, 2.24) is 10.6 Å². The van der Waals surface area contributed by atoms with E-state index in [4.69, 9.17) is 4.74 Å². The Morgan fingerprint density at radius 3 is 2.64 bits per heavy atom. The van der Waals surface area contributed by atoms with Gasteiger partial charge in [-0.15, -0.1) is 0 Å². The van der Waals surface area contributed by atoms with Gasteiger partial charge in [-0.3, -0.25) is 4.99 Å². The van der Waals surface area contributed by atoms with Gasteiger partial charge in [-0.05, 0) is 38.7 Å². The smallest absolute Gasteiger partial charge is 0.190 e. The maximum atomic E-state index is 5.52. The highest BCUT2D eigenvalue weighted by Crippen LogP contribution is 2.15. The minimum atomic E-state index is 0.299. The molecule has 0 amide bonds. The molecule has 0 aliphatic rings. The lowest BCUT2D eigenvalue weighted by atomic mass is 9.99. The lowest BCUT2D eigenvalue weighted by Gasteiger charge is -2.17. The molecule has 1 aromatic rings. The molecule has 0 saturated carbocycles. The van der Waals surface area contributed by atoms with Crippen molar-refractivity contribution in [1.29, 1.82) is 0 Å². The zero-order chi connectivity index (χ0) is 16.4. The third kappa shape index (κ3) is 7.46. The summed E-state index contributed by atoms with van der Waals surface area (Å²) in [7, 11) is 1.80. The van der Waals surface area contributed by atoms with E-state index >= 15 is 0 Å². The molecule has 0 spiro atoms. The van der Waals surface area contributed by atoms with E-state index < -0.39 is 0 Å². The summed E-state index contributed by atoms with van der Waals surface area (Å²) in [6.07, 6.45) is 1.28. The Labute approximate surface area is 135 Å². The number of nitrogens with zero attached hydrogens (tertiary/aromatic N) is 1. The lowest BCUT2D eigenvalue weighted by Crippen LogP contribution is -2.39. The van der Waals surface area contributed by atoms with Gasteiger partial charge >= 0.3 is 0 Å². The first-order valence-electron chi connectivity index (χ1n) is 8.15. The van der Waals surface area contributed by atoms with Crippen LogP contribution >= 0.6 is 0 Å². The van der Waals surface area contributed by atoms with Gasteiger partial charge in [0.05, 0.1) is 6.10 Å². The summed E-state index contributed by atoms with van der Waals surface area (Å²) < 4.78 is 5.52. The average Bonchev–Trinajstić information content (AvgIpc) is 2.49. The number of rotatable bonds is 8. The fourth-order valence-corrected chi connectivity index (χ4v) is 2.16. The first-order chi connectivity index (χ1) is 10.5. The van der Waals surface area contributed by atoms with Crippen LogP contribution in [-0.4, -0.2) is 38.8 Å². The van der Waals surface area contributed by atoms with E-state index in [9.17, 15) is 0 Å². The number of nitrogens with one attached hydrogen (secondary N) is 2. The van der Waals surface area contributed by atoms with Gasteiger partial charge in [0.15, 0.2) is 5.96 Å². The van der Waals surface area contributed by atoms with Gasteiger partial charge < -0.3 is 15.4 Å². The molecule has 4 nitrogen and oxygen atoms in total. The van der Waals surface area contributed by atoms with Crippen LogP contribution in [-0.2, 0) is 4.74 Å². The quantitative estimate of drug-likeness (QED) is 0.441. The second-order valence-electron chi connectivity index (χ2n) is 5.97. The number of aliphatic imine (C=N–C) groups is 1. The Balaban J connectivity index is 2.29. The monoisotopic (exact) mass is 305 g/mol. The molecule has 4 heteroatoms. The molecule has 0 aliphatic carbocycles. The molecule has 1 unspecified atom stereocenters. The van der Waals surface area contributed by atoms with Gasteiger partial charge in [0, 0.05) is 26.7 Å². The van der Waals surface area contributed by atoms with Gasteiger partial charge in [-0.25, -0.2) is 0 Å². The van der Waals surface area contributed by atoms with E-state index in [0.29, 0.717) is 12.0 Å². The summed E-state index contributed by atoms with van der Waals surface area (Å²) in [5, 5.41) is 6.71. The Hall–Kier alpha value is -1.55. The summed E-state index contributed by atoms with van der Waals surface area (Å²) in [6.45, 7) is 11.0. The van der Waals surface area contributed by atoms with E-state index in [1.165, 1.54) is 11.1 Å². The van der Waals surface area contributed by atoms with Gasteiger partial charge in [0.2, 0.25) is 0 Å². The van der Waals surface area contributed by atoms with E-state index in [2.05, 4.69) is 67.6 Å². The Bertz CT molecular complexity index is 457. The number of hydrogen-bond acceptors (Lipinski definition) is 2. The predicted molar refractivity (Wildman–Crippen MR) is 94.7 cm³/mol. The molecule has 22 heavy (non-hydrogen) atoms. The van der Waals surface area contributed by atoms with Crippen LogP contribution < -0.4 is 10.6 Å². The molecule has 124 valence electrons. The average molecular weight is 305 g/mol. The largest absolute Gasteiger partial charge is 0.379 e. The highest BCUT2D eigenvalue weighted by molar-refractivity contribution is 5.79. The SMILES string of the molecule is CN=C(NCCCOC(C)C)NCC(C)c1cccc(C)c1. The normalized spacial score (nSPS) is 13.3. The number of benzene rings is 1. The van der Waals surface area contributed by atoms with Crippen LogP contribution in [0.1, 0.15) is 44.2 Å². The third-order valence-corrected chi connectivity index (χ3v) is 3.48. The molecule has 1 atom stereocenters. The number of hydrogen-bond donors (Lipinski definition) is 2. The van der Waals surface area contributed by atoms with Crippen molar-refractivity contribution in [3.8, 4) is 0 Å². The first-order valence-corrected chi connectivity index (χ1v) is 8.15. The lowest BCUT2D eigenvalue weighted by molar-refractivity contribution is 0.0776. The summed E-state index contributed by atoms with van der Waals surface area (Å²) >= 11 is 0. The Morgan fingerprint density at radius 1 is 1.23 bits per heavy atom. The molecule has 0 aliphatic heterocycles. The van der Waals surface area contributed by atoms with Gasteiger partial charge in [0.1, 0.15) is 0 Å². The minimum absolute atomic E-state index is 0.299.